The molecule has 0 aliphatic heterocycles. The summed E-state index contributed by atoms with van der Waals surface area (Å²) in [5.74, 6) is -0.472. The molecule has 0 radical (unpaired) electrons. The van der Waals surface area contributed by atoms with E-state index in [1.54, 1.807) is 0 Å². The minimum atomic E-state index is -0.393. The van der Waals surface area contributed by atoms with Gasteiger partial charge in [-0.15, -0.1) is 0 Å². The van der Waals surface area contributed by atoms with Crippen molar-refractivity contribution in [2.75, 3.05) is 7.11 Å². The number of nitro benzene ring substituents is 1. The molecule has 33 heavy (non-hydrogen) atoms. The van der Waals surface area contributed by atoms with E-state index in [0.29, 0.717) is 12.0 Å². The summed E-state index contributed by atoms with van der Waals surface area (Å²) in [5.41, 5.74) is 7.20. The van der Waals surface area contributed by atoms with Crippen LogP contribution in [-0.4, -0.2) is 23.0 Å². The zero-order valence-electron chi connectivity index (χ0n) is 18.3. The first-order valence-electron chi connectivity index (χ1n) is 10.7. The van der Waals surface area contributed by atoms with E-state index in [9.17, 15) is 14.9 Å². The van der Waals surface area contributed by atoms with Crippen molar-refractivity contribution in [2.45, 2.75) is 19.3 Å². The van der Waals surface area contributed by atoms with E-state index in [1.165, 1.54) is 19.2 Å². The maximum Gasteiger partial charge on any atom is 0.340 e. The van der Waals surface area contributed by atoms with Gasteiger partial charge in [0.1, 0.15) is 0 Å². The number of esters is 1. The van der Waals surface area contributed by atoms with E-state index < -0.39 is 4.92 Å². The van der Waals surface area contributed by atoms with Gasteiger partial charge in [-0.2, -0.15) is 0 Å². The van der Waals surface area contributed by atoms with Crippen molar-refractivity contribution in [3.05, 3.63) is 111 Å². The van der Waals surface area contributed by atoms with Gasteiger partial charge in [-0.1, -0.05) is 54.1 Å². The normalized spacial score (nSPS) is 15.4. The Balaban J connectivity index is 1.81. The van der Waals surface area contributed by atoms with E-state index >= 15 is 0 Å². The summed E-state index contributed by atoms with van der Waals surface area (Å²) in [6.07, 6.45) is 0.570. The van der Waals surface area contributed by atoms with Crippen LogP contribution in [0.4, 0.5) is 5.69 Å². The number of nitrogens with zero attached hydrogens (tertiary/aromatic N) is 1. The van der Waals surface area contributed by atoms with Crippen LogP contribution in [-0.2, 0) is 9.53 Å². The third-order valence-corrected chi connectivity index (χ3v) is 6.32. The second kappa shape index (κ2) is 8.06. The van der Waals surface area contributed by atoms with E-state index in [4.69, 9.17) is 4.74 Å². The number of rotatable bonds is 4. The van der Waals surface area contributed by atoms with Gasteiger partial charge in [0, 0.05) is 29.0 Å². The average molecular weight is 438 g/mol. The minimum Gasteiger partial charge on any atom is -0.465 e. The third kappa shape index (κ3) is 3.49. The summed E-state index contributed by atoms with van der Waals surface area (Å²) in [4.78, 5) is 27.3. The number of carbonyl (C=O) groups excluding carboxylic acids is 1. The first kappa shape index (κ1) is 20.7. The largest absolute Gasteiger partial charge is 0.465 e. The van der Waals surface area contributed by atoms with Crippen LogP contribution < -0.4 is 0 Å². The standard InChI is InChI=1S/C27H22N2O4/c1-16-8-13-23-22(14-16)24-20(18-9-11-19(12-10-18)29(31)32)15-21(17-6-4-3-5-7-17)25(26(24)28-23)27(30)33-2/h3-14,20,28H,15H2,1-2H3. The highest BCUT2D eigenvalue weighted by Crippen LogP contribution is 2.49. The van der Waals surface area contributed by atoms with Gasteiger partial charge in [-0.05, 0) is 47.7 Å². The van der Waals surface area contributed by atoms with Crippen LogP contribution in [0.25, 0.3) is 22.0 Å². The van der Waals surface area contributed by atoms with Gasteiger partial charge in [0.2, 0.25) is 0 Å². The maximum absolute atomic E-state index is 13.0. The molecule has 1 N–H and O–H groups in total. The smallest absolute Gasteiger partial charge is 0.340 e. The van der Waals surface area contributed by atoms with Crippen LogP contribution >= 0.6 is 0 Å². The Labute approximate surface area is 190 Å². The fraction of sp³-hybridized carbons (Fsp3) is 0.148. The van der Waals surface area contributed by atoms with Crippen LogP contribution in [0, 0.1) is 17.0 Å². The van der Waals surface area contributed by atoms with Crippen LogP contribution in [0.2, 0.25) is 0 Å². The van der Waals surface area contributed by atoms with Crippen molar-refractivity contribution in [3.8, 4) is 0 Å². The van der Waals surface area contributed by atoms with E-state index in [2.05, 4.69) is 11.1 Å². The summed E-state index contributed by atoms with van der Waals surface area (Å²) in [7, 11) is 1.40. The number of nitro groups is 1. The molecule has 1 aromatic heterocycles. The van der Waals surface area contributed by atoms with E-state index in [0.717, 1.165) is 44.4 Å². The summed E-state index contributed by atoms with van der Waals surface area (Å²) < 4.78 is 5.21. The van der Waals surface area contributed by atoms with Gasteiger partial charge in [0.15, 0.2) is 0 Å². The second-order valence-electron chi connectivity index (χ2n) is 8.28. The summed E-state index contributed by atoms with van der Waals surface area (Å²) in [6.45, 7) is 2.04. The molecule has 0 fully saturated rings. The lowest BCUT2D eigenvalue weighted by Crippen LogP contribution is -2.17. The van der Waals surface area contributed by atoms with Gasteiger partial charge < -0.3 is 9.72 Å². The van der Waals surface area contributed by atoms with Crippen molar-refractivity contribution < 1.29 is 14.5 Å². The van der Waals surface area contributed by atoms with Gasteiger partial charge >= 0.3 is 5.97 Å². The topological polar surface area (TPSA) is 85.2 Å². The number of hydrogen-bond acceptors (Lipinski definition) is 4. The molecule has 0 spiro atoms. The minimum absolute atomic E-state index is 0.0543. The Bertz CT molecular complexity index is 1420. The van der Waals surface area contributed by atoms with Gasteiger partial charge in [-0.3, -0.25) is 10.1 Å². The molecule has 5 rings (SSSR count). The first-order chi connectivity index (χ1) is 16.0. The average Bonchev–Trinajstić information content (AvgIpc) is 3.21. The second-order valence-corrected chi connectivity index (χ2v) is 8.28. The highest BCUT2D eigenvalue weighted by Gasteiger charge is 2.35. The molecule has 1 unspecified atom stereocenters. The van der Waals surface area contributed by atoms with E-state index in [-0.39, 0.29) is 17.6 Å². The Kier molecular flexibility index (Phi) is 5.05. The Morgan fingerprint density at radius 3 is 2.45 bits per heavy atom. The Hall–Kier alpha value is -4.19. The van der Waals surface area contributed by atoms with Gasteiger partial charge in [0.25, 0.3) is 5.69 Å². The lowest BCUT2D eigenvalue weighted by Gasteiger charge is -2.28. The number of carbonyl (C=O) groups is 1. The zero-order chi connectivity index (χ0) is 23.1. The summed E-state index contributed by atoms with van der Waals surface area (Å²) in [6, 6.07) is 22.7. The van der Waals surface area contributed by atoms with Crippen LogP contribution in [0.15, 0.2) is 72.8 Å². The predicted molar refractivity (Wildman–Crippen MR) is 128 cm³/mol. The van der Waals surface area contributed by atoms with Crippen LogP contribution in [0.5, 0.6) is 0 Å². The molecule has 0 amide bonds. The van der Waals surface area contributed by atoms with Crippen molar-refractivity contribution >= 4 is 33.7 Å². The molecule has 0 saturated carbocycles. The molecule has 164 valence electrons. The fourth-order valence-corrected chi connectivity index (χ4v) is 4.79. The first-order valence-corrected chi connectivity index (χ1v) is 10.7. The number of benzene rings is 3. The number of aryl methyl sites for hydroxylation is 1. The number of allylic oxidation sites excluding steroid dienone is 1. The monoisotopic (exact) mass is 438 g/mol. The molecule has 3 aromatic carbocycles. The van der Waals surface area contributed by atoms with E-state index in [1.807, 2.05) is 61.5 Å². The van der Waals surface area contributed by atoms with Crippen molar-refractivity contribution in [3.63, 3.8) is 0 Å². The zero-order valence-corrected chi connectivity index (χ0v) is 18.3. The quantitative estimate of drug-likeness (QED) is 0.240. The molecule has 1 aliphatic carbocycles. The molecule has 4 aromatic rings. The number of non-ortho nitro benzene ring substituents is 1. The number of methoxy groups -OCH3 is 1. The SMILES string of the molecule is COC(=O)C1=C(c2ccccc2)CC(c2ccc([N+](=O)[O-])cc2)c2c1[nH]c1ccc(C)cc21. The fourth-order valence-electron chi connectivity index (χ4n) is 4.79. The Morgan fingerprint density at radius 1 is 1.06 bits per heavy atom. The number of aromatic amines is 1. The molecule has 1 aliphatic rings. The lowest BCUT2D eigenvalue weighted by molar-refractivity contribution is -0.384. The highest BCUT2D eigenvalue weighted by molar-refractivity contribution is 6.26. The maximum atomic E-state index is 13.0. The van der Waals surface area contributed by atoms with Crippen molar-refractivity contribution in [2.24, 2.45) is 0 Å². The molecular formula is C27H22N2O4. The van der Waals surface area contributed by atoms with Gasteiger partial charge in [0.05, 0.1) is 23.3 Å². The van der Waals surface area contributed by atoms with Crippen LogP contribution in [0.1, 0.15) is 40.3 Å². The van der Waals surface area contributed by atoms with Gasteiger partial charge in [-0.25, -0.2) is 4.79 Å². The number of ether oxygens (including phenoxy) is 1. The van der Waals surface area contributed by atoms with Crippen LogP contribution in [0.3, 0.4) is 0 Å². The molecule has 1 atom stereocenters. The number of aromatic nitrogens is 1. The summed E-state index contributed by atoms with van der Waals surface area (Å²) in [5, 5.41) is 12.2. The molecule has 0 saturated heterocycles. The highest BCUT2D eigenvalue weighted by atomic mass is 16.6. The van der Waals surface area contributed by atoms with Crippen molar-refractivity contribution in [1.82, 2.24) is 4.98 Å². The molecule has 6 nitrogen and oxygen atoms in total. The molecule has 1 heterocycles. The number of fused-ring (bicyclic) bond motifs is 3. The predicted octanol–water partition coefficient (Wildman–Crippen LogP) is 6.00. The Morgan fingerprint density at radius 2 is 1.79 bits per heavy atom. The molecule has 0 bridgehead atoms. The third-order valence-electron chi connectivity index (χ3n) is 6.32. The number of nitrogens with one attached hydrogen (secondary N) is 1. The number of hydrogen-bond donors (Lipinski definition) is 1. The van der Waals surface area contributed by atoms with Crippen molar-refractivity contribution in [1.29, 1.82) is 0 Å². The number of H-pyrrole nitrogens is 1. The lowest BCUT2D eigenvalue weighted by atomic mass is 9.75. The molecular weight excluding hydrogens is 416 g/mol. The molecule has 6 heteroatoms. The summed E-state index contributed by atoms with van der Waals surface area (Å²) >= 11 is 0.